The van der Waals surface area contributed by atoms with Crippen LogP contribution in [-0.2, 0) is 9.53 Å². The van der Waals surface area contributed by atoms with Gasteiger partial charge in [-0.05, 0) is 39.2 Å². The highest BCUT2D eigenvalue weighted by atomic mass is 16.5. The number of ether oxygens (including phenoxy) is 1. The normalized spacial score (nSPS) is 16.1. The molecule has 2 N–H and O–H groups in total. The fraction of sp³-hybridized carbons (Fsp3) is 0.909. The quantitative estimate of drug-likeness (QED) is 0.680. The number of carbonyl (C=O) groups is 1. The van der Waals surface area contributed by atoms with Crippen molar-refractivity contribution >= 4 is 5.91 Å². The van der Waals surface area contributed by atoms with Crippen LogP contribution >= 0.6 is 0 Å². The van der Waals surface area contributed by atoms with E-state index in [1.54, 1.807) is 0 Å². The smallest absolute Gasteiger partial charge is 0.248 e. The van der Waals surface area contributed by atoms with Crippen LogP contribution in [-0.4, -0.2) is 43.2 Å². The lowest BCUT2D eigenvalue weighted by molar-refractivity contribution is -0.140. The number of nitrogens with two attached hydrogens (primary N) is 1. The Kier molecular flexibility index (Phi) is 5.65. The van der Waals surface area contributed by atoms with E-state index < -0.39 is 0 Å². The van der Waals surface area contributed by atoms with Crippen LogP contribution in [0.3, 0.4) is 0 Å². The number of amides is 1. The first-order chi connectivity index (χ1) is 7.29. The Morgan fingerprint density at radius 3 is 2.73 bits per heavy atom. The van der Waals surface area contributed by atoms with E-state index in [1.165, 1.54) is 6.42 Å². The van der Waals surface area contributed by atoms with Gasteiger partial charge in [-0.25, -0.2) is 0 Å². The second-order valence-electron chi connectivity index (χ2n) is 3.95. The van der Waals surface area contributed by atoms with Crippen molar-refractivity contribution in [2.75, 3.05) is 26.3 Å². The fourth-order valence-electron chi connectivity index (χ4n) is 1.74. The summed E-state index contributed by atoms with van der Waals surface area (Å²) < 4.78 is 5.15. The molecule has 1 rings (SSSR count). The number of hydrogen-bond donors (Lipinski definition) is 1. The highest BCUT2D eigenvalue weighted by Crippen LogP contribution is 2.24. The van der Waals surface area contributed by atoms with Crippen molar-refractivity contribution in [3.63, 3.8) is 0 Å². The van der Waals surface area contributed by atoms with Crippen LogP contribution in [0.4, 0.5) is 0 Å². The second kappa shape index (κ2) is 6.80. The van der Waals surface area contributed by atoms with Gasteiger partial charge in [0, 0.05) is 19.2 Å². The standard InChI is InChI=1S/C11H22N2O2/c1-2-15-9-11(14)13(8-4-7-12)10-5-3-6-10/h10H,2-9,12H2,1H3. The predicted molar refractivity (Wildman–Crippen MR) is 59.5 cm³/mol. The monoisotopic (exact) mass is 214 g/mol. The van der Waals surface area contributed by atoms with Gasteiger partial charge in [0.25, 0.3) is 0 Å². The molecule has 88 valence electrons. The maximum absolute atomic E-state index is 11.8. The molecule has 0 aromatic heterocycles. The molecular weight excluding hydrogens is 192 g/mol. The van der Waals surface area contributed by atoms with Crippen LogP contribution < -0.4 is 5.73 Å². The minimum absolute atomic E-state index is 0.120. The van der Waals surface area contributed by atoms with Gasteiger partial charge in [0.15, 0.2) is 0 Å². The molecule has 4 nitrogen and oxygen atoms in total. The van der Waals surface area contributed by atoms with Crippen molar-refractivity contribution in [3.8, 4) is 0 Å². The van der Waals surface area contributed by atoms with E-state index in [2.05, 4.69) is 0 Å². The zero-order chi connectivity index (χ0) is 11.1. The van der Waals surface area contributed by atoms with Crippen molar-refractivity contribution in [1.82, 2.24) is 4.90 Å². The van der Waals surface area contributed by atoms with Crippen LogP contribution in [0.25, 0.3) is 0 Å². The summed E-state index contributed by atoms with van der Waals surface area (Å²) in [7, 11) is 0. The zero-order valence-corrected chi connectivity index (χ0v) is 9.58. The van der Waals surface area contributed by atoms with Gasteiger partial charge in [0.2, 0.25) is 5.91 Å². The molecular formula is C11H22N2O2. The molecule has 1 amide bonds. The molecule has 0 spiro atoms. The molecule has 1 saturated carbocycles. The van der Waals surface area contributed by atoms with Gasteiger partial charge in [-0.15, -0.1) is 0 Å². The molecule has 0 aliphatic heterocycles. The average Bonchev–Trinajstić information content (AvgIpc) is 2.17. The lowest BCUT2D eigenvalue weighted by atomic mass is 9.91. The lowest BCUT2D eigenvalue weighted by Crippen LogP contribution is -2.46. The van der Waals surface area contributed by atoms with E-state index in [4.69, 9.17) is 10.5 Å². The highest BCUT2D eigenvalue weighted by molar-refractivity contribution is 5.77. The number of rotatable bonds is 7. The van der Waals surface area contributed by atoms with Crippen LogP contribution in [0.1, 0.15) is 32.6 Å². The first-order valence-electron chi connectivity index (χ1n) is 5.86. The summed E-state index contributed by atoms with van der Waals surface area (Å²) >= 11 is 0. The third kappa shape index (κ3) is 3.80. The summed E-state index contributed by atoms with van der Waals surface area (Å²) in [4.78, 5) is 13.8. The molecule has 1 aliphatic rings. The number of carbonyl (C=O) groups excluding carboxylic acids is 1. The SMILES string of the molecule is CCOCC(=O)N(CCCN)C1CCC1. The van der Waals surface area contributed by atoms with Crippen molar-refractivity contribution in [1.29, 1.82) is 0 Å². The number of nitrogens with zero attached hydrogens (tertiary/aromatic N) is 1. The molecule has 0 saturated heterocycles. The van der Waals surface area contributed by atoms with E-state index in [9.17, 15) is 4.79 Å². The Bertz CT molecular complexity index is 193. The van der Waals surface area contributed by atoms with E-state index in [-0.39, 0.29) is 12.5 Å². The summed E-state index contributed by atoms with van der Waals surface area (Å²) in [6, 6.07) is 0.449. The molecule has 1 aliphatic carbocycles. The van der Waals surface area contributed by atoms with Crippen molar-refractivity contribution in [3.05, 3.63) is 0 Å². The van der Waals surface area contributed by atoms with Crippen molar-refractivity contribution in [2.45, 2.75) is 38.6 Å². The fourth-order valence-corrected chi connectivity index (χ4v) is 1.74. The number of hydrogen-bond acceptors (Lipinski definition) is 3. The van der Waals surface area contributed by atoms with E-state index in [0.717, 1.165) is 25.8 Å². The Balaban J connectivity index is 2.35. The van der Waals surface area contributed by atoms with E-state index in [1.807, 2.05) is 11.8 Å². The van der Waals surface area contributed by atoms with Crippen LogP contribution in [0.2, 0.25) is 0 Å². The summed E-state index contributed by atoms with van der Waals surface area (Å²) in [5.74, 6) is 0.120. The first kappa shape index (κ1) is 12.5. The average molecular weight is 214 g/mol. The Labute approximate surface area is 91.8 Å². The molecule has 0 heterocycles. The zero-order valence-electron chi connectivity index (χ0n) is 9.58. The Hall–Kier alpha value is -0.610. The molecule has 4 heteroatoms. The maximum atomic E-state index is 11.8. The summed E-state index contributed by atoms with van der Waals surface area (Å²) in [5, 5.41) is 0. The topological polar surface area (TPSA) is 55.6 Å². The maximum Gasteiger partial charge on any atom is 0.248 e. The Morgan fingerprint density at radius 2 is 2.27 bits per heavy atom. The van der Waals surface area contributed by atoms with Gasteiger partial charge >= 0.3 is 0 Å². The minimum atomic E-state index is 0.120. The summed E-state index contributed by atoms with van der Waals surface area (Å²) in [6.45, 7) is 4.15. The van der Waals surface area contributed by atoms with Gasteiger partial charge in [0.1, 0.15) is 6.61 Å². The van der Waals surface area contributed by atoms with Gasteiger partial charge in [-0.3, -0.25) is 4.79 Å². The molecule has 0 atom stereocenters. The minimum Gasteiger partial charge on any atom is -0.372 e. The van der Waals surface area contributed by atoms with Crippen LogP contribution in [0.15, 0.2) is 0 Å². The van der Waals surface area contributed by atoms with Crippen LogP contribution in [0.5, 0.6) is 0 Å². The van der Waals surface area contributed by atoms with Crippen molar-refractivity contribution in [2.24, 2.45) is 5.73 Å². The van der Waals surface area contributed by atoms with Crippen molar-refractivity contribution < 1.29 is 9.53 Å². The molecule has 0 aromatic rings. The van der Waals surface area contributed by atoms with E-state index in [0.29, 0.717) is 19.2 Å². The summed E-state index contributed by atoms with van der Waals surface area (Å²) in [6.07, 6.45) is 4.41. The summed E-state index contributed by atoms with van der Waals surface area (Å²) in [5.41, 5.74) is 5.47. The largest absolute Gasteiger partial charge is 0.372 e. The second-order valence-corrected chi connectivity index (χ2v) is 3.95. The third-order valence-corrected chi connectivity index (χ3v) is 2.87. The van der Waals surface area contributed by atoms with Crippen LogP contribution in [0, 0.1) is 0 Å². The molecule has 0 radical (unpaired) electrons. The van der Waals surface area contributed by atoms with E-state index >= 15 is 0 Å². The predicted octanol–water partition coefficient (Wildman–Crippen LogP) is 0.753. The van der Waals surface area contributed by atoms with Gasteiger partial charge in [0.05, 0.1) is 0 Å². The molecule has 0 aromatic carbocycles. The van der Waals surface area contributed by atoms with Gasteiger partial charge in [-0.2, -0.15) is 0 Å². The highest BCUT2D eigenvalue weighted by Gasteiger charge is 2.27. The third-order valence-electron chi connectivity index (χ3n) is 2.87. The lowest BCUT2D eigenvalue weighted by Gasteiger charge is -2.37. The first-order valence-corrected chi connectivity index (χ1v) is 5.86. The molecule has 1 fully saturated rings. The Morgan fingerprint density at radius 1 is 1.53 bits per heavy atom. The molecule has 0 bridgehead atoms. The molecule has 15 heavy (non-hydrogen) atoms. The van der Waals surface area contributed by atoms with Gasteiger partial charge < -0.3 is 15.4 Å². The van der Waals surface area contributed by atoms with Gasteiger partial charge in [-0.1, -0.05) is 0 Å². The molecule has 0 unspecified atom stereocenters.